The van der Waals surface area contributed by atoms with Gasteiger partial charge < -0.3 is 15.4 Å². The van der Waals surface area contributed by atoms with E-state index in [2.05, 4.69) is 0 Å². The monoisotopic (exact) mass is 280 g/mol. The third-order valence-corrected chi connectivity index (χ3v) is 3.17. The molecule has 0 fully saturated rings. The highest BCUT2D eigenvalue weighted by atomic mass is 35.5. The topological polar surface area (TPSA) is 38.5 Å². The summed E-state index contributed by atoms with van der Waals surface area (Å²) in [4.78, 5) is 1.76. The lowest BCUT2D eigenvalue weighted by molar-refractivity contribution is 0.415. The van der Waals surface area contributed by atoms with Crippen LogP contribution in [-0.4, -0.2) is 14.2 Å². The maximum absolute atomic E-state index is 13.6. The number of hydrogen-bond donors (Lipinski definition) is 1. The summed E-state index contributed by atoms with van der Waals surface area (Å²) >= 11 is 5.70. The highest BCUT2D eigenvalue weighted by Crippen LogP contribution is 2.36. The Morgan fingerprint density at radius 2 is 1.89 bits per heavy atom. The quantitative estimate of drug-likeness (QED) is 0.868. The Morgan fingerprint density at radius 1 is 1.21 bits per heavy atom. The van der Waals surface area contributed by atoms with Gasteiger partial charge in [-0.05, 0) is 18.2 Å². The summed E-state index contributed by atoms with van der Waals surface area (Å²) in [6.07, 6.45) is 0. The zero-order valence-corrected chi connectivity index (χ0v) is 11.4. The molecule has 0 aliphatic rings. The first-order chi connectivity index (χ1) is 9.04. The predicted octanol–water partition coefficient (Wildman–Crippen LogP) is 3.84. The minimum atomic E-state index is -0.507. The number of rotatable bonds is 3. The number of benzene rings is 2. The molecular formula is C14H14ClFN2O. The molecule has 2 rings (SSSR count). The zero-order valence-electron chi connectivity index (χ0n) is 10.7. The van der Waals surface area contributed by atoms with E-state index < -0.39 is 5.82 Å². The van der Waals surface area contributed by atoms with Gasteiger partial charge in [-0.25, -0.2) is 4.39 Å². The molecule has 0 aromatic heterocycles. The lowest BCUT2D eigenvalue weighted by Gasteiger charge is -2.23. The molecule has 0 saturated heterocycles. The molecular weight excluding hydrogens is 267 g/mol. The van der Waals surface area contributed by atoms with Crippen LogP contribution in [-0.2, 0) is 0 Å². The van der Waals surface area contributed by atoms with E-state index in [0.717, 1.165) is 5.69 Å². The van der Waals surface area contributed by atoms with Crippen molar-refractivity contribution < 1.29 is 9.13 Å². The number of anilines is 3. The second-order valence-electron chi connectivity index (χ2n) is 4.06. The second kappa shape index (κ2) is 5.36. The molecule has 0 aliphatic heterocycles. The number of ether oxygens (including phenoxy) is 1. The first kappa shape index (κ1) is 13.5. The van der Waals surface area contributed by atoms with Crippen molar-refractivity contribution in [1.29, 1.82) is 0 Å². The fourth-order valence-electron chi connectivity index (χ4n) is 1.88. The van der Waals surface area contributed by atoms with Crippen LogP contribution in [0.15, 0.2) is 36.4 Å². The van der Waals surface area contributed by atoms with Crippen LogP contribution in [0.2, 0.25) is 5.02 Å². The minimum absolute atomic E-state index is 0.00896. The van der Waals surface area contributed by atoms with Crippen LogP contribution in [0.3, 0.4) is 0 Å². The van der Waals surface area contributed by atoms with Gasteiger partial charge in [0.1, 0.15) is 11.6 Å². The van der Waals surface area contributed by atoms with Crippen LogP contribution in [0.5, 0.6) is 5.75 Å². The van der Waals surface area contributed by atoms with E-state index in [-0.39, 0.29) is 5.02 Å². The summed E-state index contributed by atoms with van der Waals surface area (Å²) in [6, 6.07) is 10.1. The van der Waals surface area contributed by atoms with Crippen molar-refractivity contribution in [3.63, 3.8) is 0 Å². The second-order valence-corrected chi connectivity index (χ2v) is 4.46. The number of methoxy groups -OCH3 is 1. The molecule has 0 spiro atoms. The molecule has 0 heterocycles. The van der Waals surface area contributed by atoms with Crippen molar-refractivity contribution in [3.05, 3.63) is 47.2 Å². The van der Waals surface area contributed by atoms with Gasteiger partial charge in [-0.3, -0.25) is 0 Å². The molecule has 19 heavy (non-hydrogen) atoms. The smallest absolute Gasteiger partial charge is 0.144 e. The lowest BCUT2D eigenvalue weighted by atomic mass is 10.2. The number of nitrogen functional groups attached to an aromatic ring is 1. The molecule has 0 amide bonds. The summed E-state index contributed by atoms with van der Waals surface area (Å²) in [6.45, 7) is 0. The van der Waals surface area contributed by atoms with E-state index >= 15 is 0 Å². The van der Waals surface area contributed by atoms with Crippen LogP contribution in [0.1, 0.15) is 0 Å². The molecule has 2 aromatic rings. The zero-order chi connectivity index (χ0) is 14.0. The van der Waals surface area contributed by atoms with E-state index in [1.165, 1.54) is 12.1 Å². The molecule has 0 aliphatic carbocycles. The number of nitrogens with zero attached hydrogens (tertiary/aromatic N) is 1. The van der Waals surface area contributed by atoms with Gasteiger partial charge in [0, 0.05) is 13.1 Å². The van der Waals surface area contributed by atoms with Crippen molar-refractivity contribution in [2.75, 3.05) is 24.8 Å². The lowest BCUT2D eigenvalue weighted by Crippen LogP contribution is -2.13. The third kappa shape index (κ3) is 2.58. The fraction of sp³-hybridized carbons (Fsp3) is 0.143. The van der Waals surface area contributed by atoms with Gasteiger partial charge in [-0.2, -0.15) is 0 Å². The van der Waals surface area contributed by atoms with Crippen LogP contribution >= 0.6 is 11.6 Å². The average molecular weight is 281 g/mol. The first-order valence-corrected chi connectivity index (χ1v) is 6.03. The Bertz CT molecular complexity index is 604. The number of halogens is 2. The van der Waals surface area contributed by atoms with Crippen LogP contribution in [0, 0.1) is 5.82 Å². The Kier molecular flexibility index (Phi) is 3.81. The number of para-hydroxylation sites is 2. The van der Waals surface area contributed by atoms with Gasteiger partial charge in [0.2, 0.25) is 0 Å². The maximum atomic E-state index is 13.6. The predicted molar refractivity (Wildman–Crippen MR) is 76.9 cm³/mol. The van der Waals surface area contributed by atoms with E-state index in [1.807, 2.05) is 24.3 Å². The highest BCUT2D eigenvalue weighted by molar-refractivity contribution is 6.31. The first-order valence-electron chi connectivity index (χ1n) is 5.66. The molecule has 2 N–H and O–H groups in total. The third-order valence-electron chi connectivity index (χ3n) is 2.88. The summed E-state index contributed by atoms with van der Waals surface area (Å²) in [5.74, 6) is 0.173. The SMILES string of the molecule is COc1ccccc1N(C)c1cc(F)c(Cl)cc1N. The minimum Gasteiger partial charge on any atom is -0.495 e. The van der Waals surface area contributed by atoms with Crippen molar-refractivity contribution in [2.45, 2.75) is 0 Å². The molecule has 100 valence electrons. The molecule has 0 radical (unpaired) electrons. The van der Waals surface area contributed by atoms with Crippen LogP contribution < -0.4 is 15.4 Å². The van der Waals surface area contributed by atoms with Gasteiger partial charge in [0.05, 0.1) is 29.2 Å². The summed E-state index contributed by atoms with van der Waals surface area (Å²) in [5, 5.41) is 0.00896. The van der Waals surface area contributed by atoms with Gasteiger partial charge >= 0.3 is 0 Å². The Balaban J connectivity index is 2.50. The molecule has 5 heteroatoms. The largest absolute Gasteiger partial charge is 0.495 e. The standard InChI is InChI=1S/C14H14ClFN2O/c1-18(12-5-3-4-6-14(12)19-2)13-8-10(16)9(15)7-11(13)17/h3-8H,17H2,1-2H3. The van der Waals surface area contributed by atoms with Crippen LogP contribution in [0.25, 0.3) is 0 Å². The van der Waals surface area contributed by atoms with E-state index in [0.29, 0.717) is 17.1 Å². The Hall–Kier alpha value is -1.94. The highest BCUT2D eigenvalue weighted by Gasteiger charge is 2.14. The van der Waals surface area contributed by atoms with E-state index in [9.17, 15) is 4.39 Å². The summed E-state index contributed by atoms with van der Waals surface area (Å²) in [7, 11) is 3.37. The maximum Gasteiger partial charge on any atom is 0.144 e. The van der Waals surface area contributed by atoms with Crippen molar-refractivity contribution >= 4 is 28.7 Å². The summed E-state index contributed by atoms with van der Waals surface area (Å²) in [5.41, 5.74) is 7.61. The normalized spacial score (nSPS) is 10.3. The van der Waals surface area contributed by atoms with Gasteiger partial charge in [0.25, 0.3) is 0 Å². The molecule has 0 saturated carbocycles. The Morgan fingerprint density at radius 3 is 2.58 bits per heavy atom. The molecule has 0 unspecified atom stereocenters. The van der Waals surface area contributed by atoms with E-state index in [4.69, 9.17) is 22.1 Å². The fourth-order valence-corrected chi connectivity index (χ4v) is 2.05. The molecule has 0 atom stereocenters. The molecule has 0 bridgehead atoms. The van der Waals surface area contributed by atoms with Crippen molar-refractivity contribution in [3.8, 4) is 5.75 Å². The van der Waals surface area contributed by atoms with Gasteiger partial charge in [0.15, 0.2) is 0 Å². The Labute approximate surface area is 116 Å². The van der Waals surface area contributed by atoms with Crippen molar-refractivity contribution in [1.82, 2.24) is 0 Å². The van der Waals surface area contributed by atoms with Crippen LogP contribution in [0.4, 0.5) is 21.5 Å². The average Bonchev–Trinajstić information content (AvgIpc) is 2.42. The molecule has 2 aromatic carbocycles. The van der Waals surface area contributed by atoms with Gasteiger partial charge in [-0.15, -0.1) is 0 Å². The summed E-state index contributed by atoms with van der Waals surface area (Å²) < 4.78 is 18.9. The van der Waals surface area contributed by atoms with Crippen molar-refractivity contribution in [2.24, 2.45) is 0 Å². The number of nitrogens with two attached hydrogens (primary N) is 1. The van der Waals surface area contributed by atoms with Gasteiger partial charge in [-0.1, -0.05) is 23.7 Å². The molecule has 3 nitrogen and oxygen atoms in total. The number of hydrogen-bond acceptors (Lipinski definition) is 3. The van der Waals surface area contributed by atoms with E-state index in [1.54, 1.807) is 19.1 Å².